The Balaban J connectivity index is 1.70. The molecule has 2 fully saturated rings. The summed E-state index contributed by atoms with van der Waals surface area (Å²) >= 11 is 0. The number of halogens is 2. The fraction of sp³-hybridized carbons (Fsp3) is 0.929. The number of amides is 1. The molecular weight excluding hydrogens is 280 g/mol. The smallest absolute Gasteiger partial charge is 0.262 e. The summed E-state index contributed by atoms with van der Waals surface area (Å²) < 4.78 is 31.8. The maximum absolute atomic E-state index is 13.1. The molecule has 0 aromatic carbocycles. The van der Waals surface area contributed by atoms with E-state index in [1.807, 2.05) is 13.8 Å². The van der Waals surface area contributed by atoms with E-state index >= 15 is 0 Å². The Morgan fingerprint density at radius 3 is 2.52 bits per heavy atom. The first-order valence-electron chi connectivity index (χ1n) is 7.61. The van der Waals surface area contributed by atoms with Gasteiger partial charge in [-0.05, 0) is 13.8 Å². The second-order valence-electron chi connectivity index (χ2n) is 6.08. The topological polar surface area (TPSA) is 44.8 Å². The third-order valence-electron chi connectivity index (χ3n) is 3.95. The van der Waals surface area contributed by atoms with E-state index in [0.717, 1.165) is 19.6 Å². The molecule has 1 amide bonds. The van der Waals surface area contributed by atoms with Crippen molar-refractivity contribution in [2.24, 2.45) is 0 Å². The SMILES string of the molecule is CC(C)OCCN1CCN(C(=O)C2CC(F)(F)CN2)CC1. The second kappa shape index (κ2) is 6.98. The zero-order valence-corrected chi connectivity index (χ0v) is 12.8. The fourth-order valence-electron chi connectivity index (χ4n) is 2.72. The summed E-state index contributed by atoms with van der Waals surface area (Å²) in [6.07, 6.45) is -0.156. The third-order valence-corrected chi connectivity index (χ3v) is 3.95. The first-order valence-corrected chi connectivity index (χ1v) is 7.61. The normalized spacial score (nSPS) is 26.5. The minimum Gasteiger partial charge on any atom is -0.377 e. The van der Waals surface area contributed by atoms with Crippen molar-refractivity contribution < 1.29 is 18.3 Å². The Hall–Kier alpha value is -0.790. The van der Waals surface area contributed by atoms with Crippen molar-refractivity contribution in [3.8, 4) is 0 Å². The van der Waals surface area contributed by atoms with Crippen LogP contribution in [0, 0.1) is 0 Å². The van der Waals surface area contributed by atoms with Crippen LogP contribution in [0.25, 0.3) is 0 Å². The van der Waals surface area contributed by atoms with E-state index in [1.165, 1.54) is 0 Å². The Morgan fingerprint density at radius 2 is 2.00 bits per heavy atom. The average Bonchev–Trinajstić information content (AvgIpc) is 2.79. The van der Waals surface area contributed by atoms with Crippen LogP contribution in [0.1, 0.15) is 20.3 Å². The molecule has 1 unspecified atom stereocenters. The lowest BCUT2D eigenvalue weighted by molar-refractivity contribution is -0.135. The number of carbonyl (C=O) groups is 1. The van der Waals surface area contributed by atoms with Crippen LogP contribution in [0.15, 0.2) is 0 Å². The molecule has 2 heterocycles. The Morgan fingerprint density at radius 1 is 1.33 bits per heavy atom. The van der Waals surface area contributed by atoms with Gasteiger partial charge in [0.15, 0.2) is 0 Å². The molecule has 7 heteroatoms. The molecule has 0 radical (unpaired) electrons. The molecular formula is C14H25F2N3O2. The molecule has 1 atom stereocenters. The second-order valence-corrected chi connectivity index (χ2v) is 6.08. The highest BCUT2D eigenvalue weighted by Gasteiger charge is 2.43. The van der Waals surface area contributed by atoms with Crippen LogP contribution in [0.5, 0.6) is 0 Å². The summed E-state index contributed by atoms with van der Waals surface area (Å²) in [6, 6.07) is -0.726. The number of ether oxygens (including phenoxy) is 1. The van der Waals surface area contributed by atoms with Crippen LogP contribution in [-0.2, 0) is 9.53 Å². The van der Waals surface area contributed by atoms with Crippen LogP contribution in [0.3, 0.4) is 0 Å². The van der Waals surface area contributed by atoms with Gasteiger partial charge in [-0.3, -0.25) is 15.0 Å². The molecule has 0 aliphatic carbocycles. The molecule has 5 nitrogen and oxygen atoms in total. The molecule has 1 N–H and O–H groups in total. The number of piperazine rings is 1. The molecule has 0 saturated carbocycles. The Labute approximate surface area is 124 Å². The van der Waals surface area contributed by atoms with E-state index in [1.54, 1.807) is 4.90 Å². The van der Waals surface area contributed by atoms with E-state index in [0.29, 0.717) is 19.7 Å². The van der Waals surface area contributed by atoms with E-state index < -0.39 is 18.5 Å². The largest absolute Gasteiger partial charge is 0.377 e. The van der Waals surface area contributed by atoms with Crippen LogP contribution < -0.4 is 5.32 Å². The highest BCUT2D eigenvalue weighted by molar-refractivity contribution is 5.82. The molecule has 2 rings (SSSR count). The summed E-state index contributed by atoms with van der Waals surface area (Å²) in [5.74, 6) is -2.94. The third kappa shape index (κ3) is 4.86. The van der Waals surface area contributed by atoms with Crippen molar-refractivity contribution in [2.45, 2.75) is 38.3 Å². The van der Waals surface area contributed by atoms with Crippen molar-refractivity contribution in [1.82, 2.24) is 15.1 Å². The lowest BCUT2D eigenvalue weighted by Gasteiger charge is -2.35. The van der Waals surface area contributed by atoms with Crippen LogP contribution >= 0.6 is 0 Å². The lowest BCUT2D eigenvalue weighted by Crippen LogP contribution is -2.53. The zero-order valence-electron chi connectivity index (χ0n) is 12.8. The molecule has 122 valence electrons. The van der Waals surface area contributed by atoms with Crippen LogP contribution in [0.4, 0.5) is 8.78 Å². The highest BCUT2D eigenvalue weighted by atomic mass is 19.3. The quantitative estimate of drug-likeness (QED) is 0.806. The van der Waals surface area contributed by atoms with Crippen LogP contribution in [0.2, 0.25) is 0 Å². The molecule has 0 bridgehead atoms. The van der Waals surface area contributed by atoms with Gasteiger partial charge in [-0.15, -0.1) is 0 Å². The number of hydrogen-bond acceptors (Lipinski definition) is 4. The molecule has 21 heavy (non-hydrogen) atoms. The molecule has 0 spiro atoms. The Bertz CT molecular complexity index is 358. The van der Waals surface area contributed by atoms with Gasteiger partial charge >= 0.3 is 0 Å². The first kappa shape index (κ1) is 16.6. The highest BCUT2D eigenvalue weighted by Crippen LogP contribution is 2.26. The van der Waals surface area contributed by atoms with Crippen molar-refractivity contribution in [2.75, 3.05) is 45.9 Å². The molecule has 0 aromatic heterocycles. The van der Waals surface area contributed by atoms with E-state index in [-0.39, 0.29) is 18.4 Å². The number of alkyl halides is 2. The number of nitrogens with one attached hydrogen (secondary N) is 1. The Kier molecular flexibility index (Phi) is 5.51. The first-order chi connectivity index (χ1) is 9.87. The number of rotatable bonds is 5. The van der Waals surface area contributed by atoms with Crippen molar-refractivity contribution in [3.05, 3.63) is 0 Å². The fourth-order valence-corrected chi connectivity index (χ4v) is 2.72. The van der Waals surface area contributed by atoms with Gasteiger partial charge in [-0.1, -0.05) is 0 Å². The van der Waals surface area contributed by atoms with E-state index in [9.17, 15) is 13.6 Å². The summed E-state index contributed by atoms with van der Waals surface area (Å²) in [5, 5.41) is 2.63. The monoisotopic (exact) mass is 305 g/mol. The number of hydrogen-bond donors (Lipinski definition) is 1. The van der Waals surface area contributed by atoms with Crippen LogP contribution in [-0.4, -0.2) is 79.7 Å². The molecule has 2 saturated heterocycles. The van der Waals surface area contributed by atoms with Gasteiger partial charge in [-0.2, -0.15) is 0 Å². The van der Waals surface area contributed by atoms with Crippen molar-refractivity contribution in [1.29, 1.82) is 0 Å². The van der Waals surface area contributed by atoms with Gasteiger partial charge in [0.05, 0.1) is 25.3 Å². The van der Waals surface area contributed by atoms with Gasteiger partial charge < -0.3 is 9.64 Å². The minimum atomic E-state index is -2.75. The predicted octanol–water partition coefficient (Wildman–Crippen LogP) is 0.553. The van der Waals surface area contributed by atoms with Gasteiger partial charge in [0.1, 0.15) is 0 Å². The van der Waals surface area contributed by atoms with Gasteiger partial charge in [0.25, 0.3) is 5.92 Å². The number of nitrogens with zero attached hydrogens (tertiary/aromatic N) is 2. The van der Waals surface area contributed by atoms with E-state index in [4.69, 9.17) is 4.74 Å². The van der Waals surface area contributed by atoms with Gasteiger partial charge in [-0.25, -0.2) is 8.78 Å². The van der Waals surface area contributed by atoms with Crippen molar-refractivity contribution >= 4 is 5.91 Å². The standard InChI is InChI=1S/C14H25F2N3O2/c1-11(2)21-8-7-18-3-5-19(6-4-18)13(20)12-9-14(15,16)10-17-12/h11-12,17H,3-10H2,1-2H3. The summed E-state index contributed by atoms with van der Waals surface area (Å²) in [6.45, 7) is 7.89. The summed E-state index contributed by atoms with van der Waals surface area (Å²) in [7, 11) is 0. The maximum atomic E-state index is 13.1. The summed E-state index contributed by atoms with van der Waals surface area (Å²) in [4.78, 5) is 16.1. The summed E-state index contributed by atoms with van der Waals surface area (Å²) in [5.41, 5.74) is 0. The maximum Gasteiger partial charge on any atom is 0.262 e. The molecule has 2 aliphatic rings. The minimum absolute atomic E-state index is 0.190. The zero-order chi connectivity index (χ0) is 15.5. The van der Waals surface area contributed by atoms with E-state index in [2.05, 4.69) is 10.2 Å². The van der Waals surface area contributed by atoms with Gasteiger partial charge in [0.2, 0.25) is 5.91 Å². The van der Waals surface area contributed by atoms with Gasteiger partial charge in [0, 0.05) is 39.1 Å². The van der Waals surface area contributed by atoms with Crippen molar-refractivity contribution in [3.63, 3.8) is 0 Å². The average molecular weight is 305 g/mol. The molecule has 0 aromatic rings. The predicted molar refractivity (Wildman–Crippen MR) is 75.5 cm³/mol. The number of carbonyl (C=O) groups excluding carboxylic acids is 1. The lowest BCUT2D eigenvalue weighted by atomic mass is 10.1. The molecule has 2 aliphatic heterocycles.